The van der Waals surface area contributed by atoms with Crippen molar-refractivity contribution in [1.82, 2.24) is 44.5 Å². The summed E-state index contributed by atoms with van der Waals surface area (Å²) in [7, 11) is 1.60. The first-order chi connectivity index (χ1) is 16.3. The number of fused-ring (bicyclic) bond motifs is 1. The van der Waals surface area contributed by atoms with Crippen LogP contribution in [0.3, 0.4) is 0 Å². The van der Waals surface area contributed by atoms with Gasteiger partial charge in [0, 0.05) is 24.9 Å². The maximum absolute atomic E-state index is 5.53. The number of methoxy groups -OCH3 is 1. The van der Waals surface area contributed by atoms with E-state index < -0.39 is 0 Å². The van der Waals surface area contributed by atoms with Crippen LogP contribution in [0, 0.1) is 0 Å². The molecule has 1 fully saturated rings. The van der Waals surface area contributed by atoms with Gasteiger partial charge >= 0.3 is 0 Å². The van der Waals surface area contributed by atoms with E-state index in [2.05, 4.69) is 35.7 Å². The van der Waals surface area contributed by atoms with Crippen LogP contribution >= 0.6 is 0 Å². The van der Waals surface area contributed by atoms with Crippen LogP contribution in [0.15, 0.2) is 55.4 Å². The third-order valence-electron chi connectivity index (χ3n) is 5.56. The molecule has 0 saturated heterocycles. The van der Waals surface area contributed by atoms with Crippen molar-refractivity contribution in [2.45, 2.75) is 25.3 Å². The minimum absolute atomic E-state index is 0.388. The van der Waals surface area contributed by atoms with Crippen molar-refractivity contribution < 1.29 is 4.74 Å². The zero-order valence-electron chi connectivity index (χ0n) is 17.8. The van der Waals surface area contributed by atoms with Gasteiger partial charge in [0.1, 0.15) is 11.9 Å². The molecular weight excluding hydrogens is 420 g/mol. The van der Waals surface area contributed by atoms with Crippen molar-refractivity contribution in [2.24, 2.45) is 0 Å². The summed E-state index contributed by atoms with van der Waals surface area (Å²) in [6.07, 6.45) is 10.7. The number of hydrogen-bond acceptors (Lipinski definition) is 9. The average molecular weight is 440 g/mol. The Balaban J connectivity index is 1.33. The Morgan fingerprint density at radius 1 is 1.06 bits per heavy atom. The molecule has 0 atom stereocenters. The first kappa shape index (κ1) is 19.3. The molecule has 5 aromatic rings. The van der Waals surface area contributed by atoms with Gasteiger partial charge in [-0.25, -0.2) is 29.1 Å². The number of nitrogens with one attached hydrogen (secondary N) is 1. The van der Waals surface area contributed by atoms with Gasteiger partial charge in [-0.15, -0.1) is 10.2 Å². The molecule has 1 aliphatic rings. The van der Waals surface area contributed by atoms with Crippen LogP contribution in [0.1, 0.15) is 30.0 Å². The fraction of sp³-hybridized carbons (Fsp3) is 0.227. The molecule has 164 valence electrons. The zero-order chi connectivity index (χ0) is 22.2. The first-order valence-electron chi connectivity index (χ1n) is 10.6. The van der Waals surface area contributed by atoms with Crippen molar-refractivity contribution in [1.29, 1.82) is 0 Å². The van der Waals surface area contributed by atoms with Crippen LogP contribution in [0.2, 0.25) is 0 Å². The molecule has 0 amide bonds. The number of nitrogens with zero attached hydrogens (tertiary/aromatic N) is 9. The lowest BCUT2D eigenvalue weighted by Gasteiger charge is -2.13. The number of rotatable bonds is 7. The van der Waals surface area contributed by atoms with E-state index in [0.717, 1.165) is 35.3 Å². The fourth-order valence-corrected chi connectivity index (χ4v) is 3.76. The predicted molar refractivity (Wildman–Crippen MR) is 119 cm³/mol. The lowest BCUT2D eigenvalue weighted by Crippen LogP contribution is -2.09. The van der Waals surface area contributed by atoms with Crippen molar-refractivity contribution in [3.05, 3.63) is 66.6 Å². The average Bonchev–Trinajstić information content (AvgIpc) is 3.34. The summed E-state index contributed by atoms with van der Waals surface area (Å²) in [5, 5.41) is 15.9. The molecule has 1 aromatic carbocycles. The van der Waals surface area contributed by atoms with Crippen LogP contribution in [0.25, 0.3) is 22.7 Å². The second-order valence-corrected chi connectivity index (χ2v) is 7.76. The second-order valence-electron chi connectivity index (χ2n) is 7.76. The summed E-state index contributed by atoms with van der Waals surface area (Å²) in [6, 6.07) is 8.06. The van der Waals surface area contributed by atoms with Gasteiger partial charge < -0.3 is 10.1 Å². The molecule has 33 heavy (non-hydrogen) atoms. The molecule has 0 aliphatic heterocycles. The van der Waals surface area contributed by atoms with Crippen LogP contribution in [-0.2, 0) is 6.54 Å². The van der Waals surface area contributed by atoms with E-state index in [0.29, 0.717) is 35.6 Å². The highest BCUT2D eigenvalue weighted by atomic mass is 16.5. The number of hydrogen-bond donors (Lipinski definition) is 1. The van der Waals surface area contributed by atoms with Gasteiger partial charge in [0.25, 0.3) is 0 Å². The van der Waals surface area contributed by atoms with E-state index in [9.17, 15) is 0 Å². The number of benzene rings is 1. The number of ether oxygens (including phenoxy) is 1. The fourth-order valence-electron chi connectivity index (χ4n) is 3.76. The molecule has 4 aromatic heterocycles. The van der Waals surface area contributed by atoms with Gasteiger partial charge in [0.05, 0.1) is 30.9 Å². The quantitative estimate of drug-likeness (QED) is 0.407. The smallest absolute Gasteiger partial charge is 0.227 e. The second kappa shape index (κ2) is 7.93. The standard InChI is InChI=1S/C22H20N10O/c1-33-22-17(18(15-4-5-15)25-13-26-22)19-28-20(21-23-8-10-32(21)29-19)24-12-14-2-6-16(7-3-14)31-11-9-27-30-31/h2-3,6-11,13,15H,4-5,12H2,1H3,(H,24,28,29). The third-order valence-corrected chi connectivity index (χ3v) is 5.56. The van der Waals surface area contributed by atoms with Gasteiger partial charge in [-0.3, -0.25) is 0 Å². The SMILES string of the molecule is COc1ncnc(C2CC2)c1-c1nc(NCc2ccc(-n3ccnn3)cc2)c2nccn2n1. The summed E-state index contributed by atoms with van der Waals surface area (Å²) in [5.41, 5.74) is 4.33. The first-order valence-corrected chi connectivity index (χ1v) is 10.6. The summed E-state index contributed by atoms with van der Waals surface area (Å²) < 4.78 is 8.96. The lowest BCUT2D eigenvalue weighted by atomic mass is 10.1. The van der Waals surface area contributed by atoms with Crippen molar-refractivity contribution in [3.63, 3.8) is 0 Å². The zero-order valence-corrected chi connectivity index (χ0v) is 17.8. The predicted octanol–water partition coefficient (Wildman–Crippen LogP) is 2.66. The monoisotopic (exact) mass is 440 g/mol. The van der Waals surface area contributed by atoms with Crippen molar-refractivity contribution >= 4 is 11.5 Å². The maximum Gasteiger partial charge on any atom is 0.227 e. The van der Waals surface area contributed by atoms with E-state index in [1.165, 1.54) is 6.33 Å². The third kappa shape index (κ3) is 3.63. The molecule has 0 radical (unpaired) electrons. The molecule has 1 saturated carbocycles. The minimum atomic E-state index is 0.388. The van der Waals surface area contributed by atoms with Gasteiger partial charge in [-0.05, 0) is 30.5 Å². The molecular formula is C22H20N10O. The molecule has 6 rings (SSSR count). The van der Waals surface area contributed by atoms with Crippen molar-refractivity contribution in [3.8, 4) is 23.0 Å². The highest BCUT2D eigenvalue weighted by molar-refractivity contribution is 5.70. The van der Waals surface area contributed by atoms with Crippen LogP contribution in [-0.4, -0.2) is 51.7 Å². The normalized spacial score (nSPS) is 13.4. The maximum atomic E-state index is 5.53. The Bertz CT molecular complexity index is 1410. The van der Waals surface area contributed by atoms with Gasteiger partial charge in [-0.1, -0.05) is 17.3 Å². The molecule has 1 aliphatic carbocycles. The Hall–Kier alpha value is -4.41. The molecule has 0 spiro atoms. The summed E-state index contributed by atoms with van der Waals surface area (Å²) in [6.45, 7) is 0.564. The molecule has 0 unspecified atom stereocenters. The van der Waals surface area contributed by atoms with E-state index in [1.54, 1.807) is 34.9 Å². The highest BCUT2D eigenvalue weighted by Crippen LogP contribution is 2.44. The Morgan fingerprint density at radius 3 is 2.70 bits per heavy atom. The van der Waals surface area contributed by atoms with E-state index in [-0.39, 0.29) is 0 Å². The van der Waals surface area contributed by atoms with Crippen LogP contribution in [0.5, 0.6) is 5.88 Å². The number of anilines is 1. The highest BCUT2D eigenvalue weighted by Gasteiger charge is 2.31. The van der Waals surface area contributed by atoms with E-state index in [1.807, 2.05) is 30.5 Å². The van der Waals surface area contributed by atoms with Gasteiger partial charge in [0.2, 0.25) is 5.88 Å². The minimum Gasteiger partial charge on any atom is -0.480 e. The molecule has 11 nitrogen and oxygen atoms in total. The van der Waals surface area contributed by atoms with Crippen LogP contribution < -0.4 is 10.1 Å². The van der Waals surface area contributed by atoms with E-state index >= 15 is 0 Å². The Labute approximate surface area is 188 Å². The van der Waals surface area contributed by atoms with E-state index in [4.69, 9.17) is 9.72 Å². The number of aromatic nitrogens is 9. The Morgan fingerprint density at radius 2 is 1.94 bits per heavy atom. The molecule has 4 heterocycles. The molecule has 11 heteroatoms. The van der Waals surface area contributed by atoms with Crippen molar-refractivity contribution in [2.75, 3.05) is 12.4 Å². The Kier molecular flexibility index (Phi) is 4.64. The van der Waals surface area contributed by atoms with Gasteiger partial charge in [0.15, 0.2) is 17.3 Å². The molecule has 1 N–H and O–H groups in total. The summed E-state index contributed by atoms with van der Waals surface area (Å²) >= 11 is 0. The largest absolute Gasteiger partial charge is 0.480 e. The molecule has 0 bridgehead atoms. The number of imidazole rings is 1. The van der Waals surface area contributed by atoms with Crippen LogP contribution in [0.4, 0.5) is 5.82 Å². The lowest BCUT2D eigenvalue weighted by molar-refractivity contribution is 0.397. The topological polar surface area (TPSA) is 121 Å². The summed E-state index contributed by atoms with van der Waals surface area (Å²) in [5.74, 6) is 1.99. The summed E-state index contributed by atoms with van der Waals surface area (Å²) in [4.78, 5) is 18.0. The van der Waals surface area contributed by atoms with Gasteiger partial charge in [-0.2, -0.15) is 0 Å².